The number of hydrogen-bond acceptors (Lipinski definition) is 7. The number of hydrogen-bond donors (Lipinski definition) is 3. The number of nitrogens with one attached hydrogen (secondary N) is 2. The molecule has 3 N–H and O–H groups in total. The number of aryl methyl sites for hydroxylation is 1. The number of aliphatic hydroxyl groups is 1. The summed E-state index contributed by atoms with van der Waals surface area (Å²) >= 11 is 0. The molecule has 10 heteroatoms. The van der Waals surface area contributed by atoms with Crippen LogP contribution in [0.1, 0.15) is 12.5 Å². The van der Waals surface area contributed by atoms with E-state index < -0.39 is 35.2 Å². The lowest BCUT2D eigenvalue weighted by Crippen LogP contribution is -2.46. The Hall–Kier alpha value is -3.52. The second-order valence-electron chi connectivity index (χ2n) is 8.74. The highest BCUT2D eigenvalue weighted by Crippen LogP contribution is 2.26. The molecule has 1 aliphatic rings. The molecule has 0 radical (unpaired) electrons. The van der Waals surface area contributed by atoms with Crippen molar-refractivity contribution in [3.63, 3.8) is 0 Å². The van der Waals surface area contributed by atoms with Gasteiger partial charge in [-0.2, -0.15) is 5.26 Å². The molecule has 34 heavy (non-hydrogen) atoms. The van der Waals surface area contributed by atoms with Gasteiger partial charge < -0.3 is 24.9 Å². The number of fused-ring (bicyclic) bond motifs is 1. The van der Waals surface area contributed by atoms with Crippen molar-refractivity contribution >= 4 is 17.0 Å². The second kappa shape index (κ2) is 9.38. The predicted molar refractivity (Wildman–Crippen MR) is 121 cm³/mol. The van der Waals surface area contributed by atoms with Gasteiger partial charge in [-0.25, -0.2) is 9.18 Å². The van der Waals surface area contributed by atoms with Crippen molar-refractivity contribution in [2.24, 2.45) is 7.05 Å². The molecule has 0 saturated carbocycles. The van der Waals surface area contributed by atoms with Crippen molar-refractivity contribution in [1.29, 1.82) is 5.26 Å². The molecule has 2 aromatic carbocycles. The number of aromatic nitrogens is 1. The van der Waals surface area contributed by atoms with E-state index in [1.807, 2.05) is 6.07 Å². The van der Waals surface area contributed by atoms with Crippen LogP contribution in [0.3, 0.4) is 0 Å². The lowest BCUT2D eigenvalue weighted by molar-refractivity contribution is -0.135. The normalized spacial score (nSPS) is 21.6. The fourth-order valence-electron chi connectivity index (χ4n) is 3.84. The number of nitriles is 1. The van der Waals surface area contributed by atoms with Crippen LogP contribution in [0.4, 0.5) is 4.39 Å². The van der Waals surface area contributed by atoms with Crippen LogP contribution in [0.2, 0.25) is 0 Å². The quantitative estimate of drug-likeness (QED) is 0.514. The van der Waals surface area contributed by atoms with Crippen molar-refractivity contribution in [2.75, 3.05) is 19.7 Å². The zero-order valence-corrected chi connectivity index (χ0v) is 18.8. The van der Waals surface area contributed by atoms with Gasteiger partial charge in [0.15, 0.2) is 5.58 Å². The van der Waals surface area contributed by atoms with Gasteiger partial charge >= 0.3 is 5.76 Å². The van der Waals surface area contributed by atoms with E-state index in [1.165, 1.54) is 10.6 Å². The minimum absolute atomic E-state index is 0.0236. The predicted octanol–water partition coefficient (Wildman–Crippen LogP) is 1.23. The van der Waals surface area contributed by atoms with Crippen LogP contribution in [-0.2, 0) is 23.0 Å². The summed E-state index contributed by atoms with van der Waals surface area (Å²) in [6.07, 6.45) is -0.896. The van der Waals surface area contributed by atoms with Gasteiger partial charge in [0.05, 0.1) is 23.8 Å². The van der Waals surface area contributed by atoms with E-state index in [0.717, 1.165) is 0 Å². The Morgan fingerprint density at radius 3 is 2.85 bits per heavy atom. The number of rotatable bonds is 5. The molecule has 178 valence electrons. The number of nitrogens with zero attached hydrogens (tertiary/aromatic N) is 2. The number of amides is 1. The summed E-state index contributed by atoms with van der Waals surface area (Å²) < 4.78 is 26.9. The molecule has 9 nitrogen and oxygen atoms in total. The summed E-state index contributed by atoms with van der Waals surface area (Å²) in [7, 11) is 1.59. The van der Waals surface area contributed by atoms with Crippen LogP contribution in [-0.4, -0.2) is 53.0 Å². The average Bonchev–Trinajstić information content (AvgIpc) is 2.96. The van der Waals surface area contributed by atoms with Crippen molar-refractivity contribution in [2.45, 2.75) is 31.1 Å². The fraction of sp³-hybridized carbons (Fsp3) is 0.375. The van der Waals surface area contributed by atoms with Crippen LogP contribution < -0.4 is 16.4 Å². The zero-order valence-electron chi connectivity index (χ0n) is 18.8. The van der Waals surface area contributed by atoms with Crippen LogP contribution in [0.5, 0.6) is 0 Å². The third kappa shape index (κ3) is 5.02. The van der Waals surface area contributed by atoms with Crippen molar-refractivity contribution < 1.29 is 23.4 Å². The Bertz CT molecular complexity index is 1320. The van der Waals surface area contributed by atoms with Crippen molar-refractivity contribution in [1.82, 2.24) is 15.2 Å². The molecule has 4 rings (SSSR count). The SMILES string of the molecule is Cn1c(=O)oc2ccc(-c3ccc(C[C@@H](C#N)NC(=O)[C@@H]4CNC[C@@](C)(O)CO4)c(F)c3)cc21. The van der Waals surface area contributed by atoms with E-state index in [1.54, 1.807) is 44.3 Å². The highest BCUT2D eigenvalue weighted by Gasteiger charge is 2.31. The van der Waals surface area contributed by atoms with Gasteiger partial charge in [0.25, 0.3) is 5.91 Å². The number of oxazole rings is 1. The Morgan fingerprint density at radius 2 is 2.12 bits per heavy atom. The van der Waals surface area contributed by atoms with Crippen LogP contribution >= 0.6 is 0 Å². The van der Waals surface area contributed by atoms with Gasteiger partial charge in [-0.15, -0.1) is 0 Å². The lowest BCUT2D eigenvalue weighted by atomic mass is 10.00. The molecule has 1 aliphatic heterocycles. The maximum Gasteiger partial charge on any atom is 0.419 e. The largest absolute Gasteiger partial charge is 0.419 e. The van der Waals surface area contributed by atoms with Gasteiger partial charge in [-0.1, -0.05) is 18.2 Å². The molecule has 3 atom stereocenters. The Kier molecular flexibility index (Phi) is 6.52. The van der Waals surface area contributed by atoms with E-state index in [9.17, 15) is 24.3 Å². The van der Waals surface area contributed by atoms with Crippen molar-refractivity contribution in [3.05, 3.63) is 58.3 Å². The molecule has 3 aromatic rings. The molecular formula is C24H25FN4O5. The molecule has 1 fully saturated rings. The first-order valence-corrected chi connectivity index (χ1v) is 10.8. The van der Waals surface area contributed by atoms with Gasteiger partial charge in [0, 0.05) is 26.6 Å². The number of carbonyl (C=O) groups excluding carboxylic acids is 1. The van der Waals surface area contributed by atoms with E-state index in [4.69, 9.17) is 9.15 Å². The summed E-state index contributed by atoms with van der Waals surface area (Å²) in [5.74, 6) is -1.50. The molecule has 0 bridgehead atoms. The lowest BCUT2D eigenvalue weighted by Gasteiger charge is -2.21. The average molecular weight is 468 g/mol. The minimum atomic E-state index is -1.09. The third-order valence-corrected chi connectivity index (χ3v) is 5.80. The molecule has 2 heterocycles. The highest BCUT2D eigenvalue weighted by molar-refractivity contribution is 5.82. The Balaban J connectivity index is 1.46. The number of benzene rings is 2. The van der Waals surface area contributed by atoms with Crippen LogP contribution in [0.25, 0.3) is 22.2 Å². The maximum atomic E-state index is 14.9. The number of halogens is 1. The molecule has 0 spiro atoms. The Labute approximate surface area is 194 Å². The first-order chi connectivity index (χ1) is 16.2. The van der Waals surface area contributed by atoms with E-state index in [0.29, 0.717) is 22.2 Å². The maximum absolute atomic E-state index is 14.9. The topological polar surface area (TPSA) is 130 Å². The molecule has 1 aromatic heterocycles. The molecule has 1 amide bonds. The van der Waals surface area contributed by atoms with E-state index in [-0.39, 0.29) is 31.7 Å². The first-order valence-electron chi connectivity index (χ1n) is 10.8. The van der Waals surface area contributed by atoms with E-state index >= 15 is 0 Å². The minimum Gasteiger partial charge on any atom is -0.408 e. The number of ether oxygens (including phenoxy) is 1. The summed E-state index contributed by atoms with van der Waals surface area (Å²) in [6.45, 7) is 2.04. The number of carbonyl (C=O) groups is 1. The molecular weight excluding hydrogens is 443 g/mol. The van der Waals surface area contributed by atoms with Crippen LogP contribution in [0, 0.1) is 17.1 Å². The van der Waals surface area contributed by atoms with Gasteiger partial charge in [-0.05, 0) is 41.8 Å². The molecule has 0 unspecified atom stereocenters. The van der Waals surface area contributed by atoms with Gasteiger partial charge in [0.2, 0.25) is 0 Å². The second-order valence-corrected chi connectivity index (χ2v) is 8.74. The smallest absolute Gasteiger partial charge is 0.408 e. The highest BCUT2D eigenvalue weighted by atomic mass is 19.1. The zero-order chi connectivity index (χ0) is 24.5. The van der Waals surface area contributed by atoms with E-state index in [2.05, 4.69) is 10.6 Å². The van der Waals surface area contributed by atoms with Gasteiger partial charge in [0.1, 0.15) is 18.0 Å². The first kappa shape index (κ1) is 23.6. The standard InChI is InChI=1S/C24H25FN4O5/c1-24(32)12-27-11-21(33-13-24)22(30)28-17(10-26)7-16-4-3-14(8-18(16)25)15-5-6-20-19(9-15)29(2)23(31)34-20/h3-6,8-9,17,21,27,32H,7,11-13H2,1-2H3,(H,28,30)/t17-,21-,24+/m0/s1. The summed E-state index contributed by atoms with van der Waals surface area (Å²) in [5, 5.41) is 25.1. The molecule has 0 aliphatic carbocycles. The van der Waals surface area contributed by atoms with Crippen LogP contribution in [0.15, 0.2) is 45.6 Å². The fourth-order valence-corrected chi connectivity index (χ4v) is 3.84. The monoisotopic (exact) mass is 468 g/mol. The summed E-state index contributed by atoms with van der Waals surface area (Å²) in [6, 6.07) is 10.8. The Morgan fingerprint density at radius 1 is 1.38 bits per heavy atom. The van der Waals surface area contributed by atoms with Crippen molar-refractivity contribution in [3.8, 4) is 17.2 Å². The summed E-state index contributed by atoms with van der Waals surface area (Å²) in [5.41, 5.74) is 1.52. The molecule has 1 saturated heterocycles. The third-order valence-electron chi connectivity index (χ3n) is 5.80. The number of β-amino-alcohol motifs (C(OH)–C–C–N with tert-alkyl or cyclic N) is 1. The summed E-state index contributed by atoms with van der Waals surface area (Å²) in [4.78, 5) is 24.2. The van der Waals surface area contributed by atoms with Gasteiger partial charge in [-0.3, -0.25) is 9.36 Å².